The number of likely N-dealkylation sites (N-methyl/N-ethyl adjacent to an activating group) is 1. The highest BCUT2D eigenvalue weighted by molar-refractivity contribution is 6.39. The summed E-state index contributed by atoms with van der Waals surface area (Å²) in [6, 6.07) is 16.5. The molecule has 5 rings (SSSR count). The summed E-state index contributed by atoms with van der Waals surface area (Å²) in [5.41, 5.74) is 5.39. The Balaban J connectivity index is 1.43. The van der Waals surface area contributed by atoms with Gasteiger partial charge in [0.05, 0.1) is 48.3 Å². The Bertz CT molecular complexity index is 1840. The van der Waals surface area contributed by atoms with E-state index >= 15 is 0 Å². The van der Waals surface area contributed by atoms with Crippen LogP contribution < -0.4 is 14.8 Å². The molecule has 49 heavy (non-hydrogen) atoms. The smallest absolute Gasteiger partial charge is 0.407 e. The molecule has 1 aliphatic rings. The maximum absolute atomic E-state index is 12.0. The molecule has 3 N–H and O–H groups in total. The van der Waals surface area contributed by atoms with Crippen LogP contribution in [0.3, 0.4) is 0 Å². The van der Waals surface area contributed by atoms with Crippen LogP contribution >= 0.6 is 23.2 Å². The summed E-state index contributed by atoms with van der Waals surface area (Å²) in [4.78, 5) is 36.2. The molecule has 0 aliphatic carbocycles. The number of aliphatic hydroxyl groups excluding tert-OH is 1. The molecule has 3 heterocycles. The number of carboxylic acid groups (broad SMARTS) is 1. The maximum Gasteiger partial charge on any atom is 0.407 e. The average Bonchev–Trinajstić information content (AvgIpc) is 3.49. The lowest BCUT2D eigenvalue weighted by atomic mass is 9.99. The molecule has 1 saturated heterocycles. The minimum Gasteiger partial charge on any atom is -0.496 e. The lowest BCUT2D eigenvalue weighted by molar-refractivity contribution is -0.119. The summed E-state index contributed by atoms with van der Waals surface area (Å²) in [7, 11) is 5.03. The van der Waals surface area contributed by atoms with Crippen molar-refractivity contribution < 1.29 is 29.3 Å². The minimum absolute atomic E-state index is 0.0334. The molecule has 0 radical (unpaired) electrons. The monoisotopic (exact) mass is 707 g/mol. The maximum atomic E-state index is 12.0. The molecule has 11 nitrogen and oxygen atoms in total. The molecular formula is C36H39Cl2N5O6. The number of aromatic nitrogens is 2. The van der Waals surface area contributed by atoms with Crippen molar-refractivity contribution in [2.24, 2.45) is 0 Å². The number of pyridine rings is 2. The number of amides is 2. The third kappa shape index (κ3) is 8.42. The number of hydrogen-bond acceptors (Lipinski definition) is 8. The summed E-state index contributed by atoms with van der Waals surface area (Å²) >= 11 is 14.1. The van der Waals surface area contributed by atoms with Crippen LogP contribution in [0, 0.1) is 0 Å². The Morgan fingerprint density at radius 2 is 1.76 bits per heavy atom. The van der Waals surface area contributed by atoms with Crippen LogP contribution in [0.5, 0.6) is 11.6 Å². The quantitative estimate of drug-likeness (QED) is 0.145. The molecule has 0 saturated carbocycles. The SMILES string of the molecule is COc1cc(-c2nccc(-c3cccc(-c4ccc(CN(C[C@@H]5CCC(=O)N5)C(=O)O)c(OC)n4)c3Cl)c2Cl)ccc1CN(C)C[C@H](C)O. The fourth-order valence-corrected chi connectivity index (χ4v) is 6.68. The van der Waals surface area contributed by atoms with Crippen LogP contribution in [-0.2, 0) is 17.9 Å². The van der Waals surface area contributed by atoms with Gasteiger partial charge in [-0.1, -0.05) is 53.5 Å². The van der Waals surface area contributed by atoms with Crippen LogP contribution in [0.25, 0.3) is 33.6 Å². The van der Waals surface area contributed by atoms with Gasteiger partial charge in [-0.05, 0) is 44.7 Å². The summed E-state index contributed by atoms with van der Waals surface area (Å²) in [5.74, 6) is 0.864. The van der Waals surface area contributed by atoms with Crippen LogP contribution in [0.15, 0.2) is 60.8 Å². The van der Waals surface area contributed by atoms with Crippen LogP contribution in [0.1, 0.15) is 30.9 Å². The van der Waals surface area contributed by atoms with Crippen molar-refractivity contribution in [2.75, 3.05) is 34.4 Å². The molecule has 13 heteroatoms. The minimum atomic E-state index is -1.11. The molecule has 2 atom stereocenters. The normalized spacial score (nSPS) is 14.9. The number of ether oxygens (including phenoxy) is 2. The first-order chi connectivity index (χ1) is 23.5. The van der Waals surface area contributed by atoms with E-state index in [4.69, 9.17) is 37.7 Å². The first-order valence-corrected chi connectivity index (χ1v) is 16.5. The van der Waals surface area contributed by atoms with Crippen molar-refractivity contribution in [3.05, 3.63) is 82.0 Å². The Labute approximate surface area is 295 Å². The van der Waals surface area contributed by atoms with E-state index < -0.39 is 12.2 Å². The molecule has 4 aromatic rings. The number of carbonyl (C=O) groups excluding carboxylic acids is 1. The number of nitrogens with one attached hydrogen (secondary N) is 1. The Kier molecular flexibility index (Phi) is 11.6. The number of nitrogens with zero attached hydrogens (tertiary/aromatic N) is 4. The fraction of sp³-hybridized carbons (Fsp3) is 0.333. The van der Waals surface area contributed by atoms with Crippen molar-refractivity contribution in [3.63, 3.8) is 0 Å². The van der Waals surface area contributed by atoms with Gasteiger partial charge in [0, 0.05) is 71.7 Å². The van der Waals surface area contributed by atoms with Crippen molar-refractivity contribution in [1.29, 1.82) is 0 Å². The van der Waals surface area contributed by atoms with Gasteiger partial charge >= 0.3 is 6.09 Å². The molecule has 2 aromatic heterocycles. The van der Waals surface area contributed by atoms with Crippen molar-refractivity contribution in [2.45, 2.75) is 45.0 Å². The zero-order valence-corrected chi connectivity index (χ0v) is 29.3. The third-order valence-electron chi connectivity index (χ3n) is 8.32. The highest BCUT2D eigenvalue weighted by atomic mass is 35.5. The molecule has 1 fully saturated rings. The van der Waals surface area contributed by atoms with E-state index in [1.807, 2.05) is 48.3 Å². The number of benzene rings is 2. The van der Waals surface area contributed by atoms with Crippen LogP contribution in [0.4, 0.5) is 4.79 Å². The first kappa shape index (κ1) is 35.9. The van der Waals surface area contributed by atoms with Gasteiger partial charge in [-0.2, -0.15) is 0 Å². The molecule has 2 amide bonds. The summed E-state index contributed by atoms with van der Waals surface area (Å²) in [5, 5.41) is 23.2. The van der Waals surface area contributed by atoms with Gasteiger partial charge in [-0.15, -0.1) is 0 Å². The van der Waals surface area contributed by atoms with E-state index in [1.165, 1.54) is 12.0 Å². The zero-order chi connectivity index (χ0) is 35.2. The second-order valence-electron chi connectivity index (χ2n) is 12.1. The van der Waals surface area contributed by atoms with Gasteiger partial charge in [0.1, 0.15) is 5.75 Å². The highest BCUT2D eigenvalue weighted by Crippen LogP contribution is 2.42. The van der Waals surface area contributed by atoms with Crippen molar-refractivity contribution in [1.82, 2.24) is 25.1 Å². The number of carbonyl (C=O) groups is 2. The predicted molar refractivity (Wildman–Crippen MR) is 189 cm³/mol. The first-order valence-electron chi connectivity index (χ1n) is 15.8. The van der Waals surface area contributed by atoms with Crippen molar-refractivity contribution >= 4 is 35.2 Å². The molecule has 0 unspecified atom stereocenters. The van der Waals surface area contributed by atoms with Crippen molar-refractivity contribution in [3.8, 4) is 45.3 Å². The highest BCUT2D eigenvalue weighted by Gasteiger charge is 2.26. The van der Waals surface area contributed by atoms with Gasteiger partial charge in [0.15, 0.2) is 0 Å². The Morgan fingerprint density at radius 3 is 2.43 bits per heavy atom. The largest absolute Gasteiger partial charge is 0.496 e. The number of hydrogen-bond donors (Lipinski definition) is 3. The zero-order valence-electron chi connectivity index (χ0n) is 27.7. The molecular weight excluding hydrogens is 669 g/mol. The standard InChI is InChI=1S/C36H39Cl2N5O6/c1-21(44)17-42(2)18-23-9-8-22(16-30(23)48-3)34-33(38)27(14-15-39-34)26-6-5-7-28(32(26)37)29-12-10-24(35(41-29)49-4)19-43(36(46)47)20-25-11-13-31(45)40-25/h5-10,12,14-16,21,25,44H,11,13,17-20H2,1-4H3,(H,40,45)(H,46,47)/t21-,25-/m0/s1. The van der Waals surface area contributed by atoms with Crippen LogP contribution in [0.2, 0.25) is 10.0 Å². The lowest BCUT2D eigenvalue weighted by Gasteiger charge is -2.23. The molecule has 2 aromatic carbocycles. The number of rotatable bonds is 13. The van der Waals surface area contributed by atoms with Gasteiger partial charge in [-0.25, -0.2) is 9.78 Å². The van der Waals surface area contributed by atoms with Gasteiger partial charge in [0.2, 0.25) is 11.8 Å². The lowest BCUT2D eigenvalue weighted by Crippen LogP contribution is -2.41. The van der Waals surface area contributed by atoms with Gasteiger partial charge in [0.25, 0.3) is 0 Å². The molecule has 258 valence electrons. The van der Waals surface area contributed by atoms with Gasteiger partial charge in [-0.3, -0.25) is 14.7 Å². The van der Waals surface area contributed by atoms with E-state index in [1.54, 1.807) is 38.4 Å². The second kappa shape index (κ2) is 15.9. The fourth-order valence-electron chi connectivity index (χ4n) is 6.03. The summed E-state index contributed by atoms with van der Waals surface area (Å²) in [6.45, 7) is 3.06. The van der Waals surface area contributed by atoms with E-state index in [0.29, 0.717) is 75.4 Å². The molecule has 1 aliphatic heterocycles. The van der Waals surface area contributed by atoms with E-state index in [2.05, 4.69) is 10.3 Å². The summed E-state index contributed by atoms with van der Waals surface area (Å²) in [6.07, 6.45) is 1.09. The van der Waals surface area contributed by atoms with Gasteiger partial charge < -0.3 is 29.9 Å². The Morgan fingerprint density at radius 1 is 1.02 bits per heavy atom. The van der Waals surface area contributed by atoms with E-state index in [-0.39, 0.29) is 30.9 Å². The number of methoxy groups -OCH3 is 2. The topological polar surface area (TPSA) is 137 Å². The average molecular weight is 709 g/mol. The van der Waals surface area contributed by atoms with Crippen LogP contribution in [-0.4, -0.2) is 88.5 Å². The second-order valence-corrected chi connectivity index (χ2v) is 12.8. The Hall–Kier alpha value is -4.42. The predicted octanol–water partition coefficient (Wildman–Crippen LogP) is 6.37. The summed E-state index contributed by atoms with van der Waals surface area (Å²) < 4.78 is 11.3. The number of halogens is 2. The molecule has 0 bridgehead atoms. The third-order valence-corrected chi connectivity index (χ3v) is 9.11. The molecule has 0 spiro atoms. The van der Waals surface area contributed by atoms with E-state index in [0.717, 1.165) is 11.1 Å². The number of aliphatic hydroxyl groups is 1. The van der Waals surface area contributed by atoms with E-state index in [9.17, 15) is 19.8 Å².